The van der Waals surface area contributed by atoms with E-state index in [0.29, 0.717) is 11.6 Å². The Hall–Kier alpha value is -3.01. The van der Waals surface area contributed by atoms with E-state index in [1.54, 1.807) is 13.0 Å². The lowest BCUT2D eigenvalue weighted by Gasteiger charge is -2.16. The summed E-state index contributed by atoms with van der Waals surface area (Å²) in [6.45, 7) is 13.7. The van der Waals surface area contributed by atoms with Gasteiger partial charge in [-0.1, -0.05) is 32.1 Å². The standard InChI is InChI=1S/C27H34N2O2/c1-8-23(9-2)31-27-14-13-22(17-28-27)21-12-11-19(6)25(16-21)24(10-3)26(15-20(7)30)29-18(4)5/h10-17,23H,8-9H2,1-7H3/b24-10+,26-15-. The molecule has 4 nitrogen and oxygen atoms in total. The zero-order chi connectivity index (χ0) is 23.0. The van der Waals surface area contributed by atoms with Crippen molar-refractivity contribution in [1.82, 2.24) is 4.98 Å². The van der Waals surface area contributed by atoms with Crippen LogP contribution in [-0.4, -0.2) is 22.6 Å². The van der Waals surface area contributed by atoms with Gasteiger partial charge in [-0.2, -0.15) is 0 Å². The monoisotopic (exact) mass is 418 g/mol. The normalized spacial score (nSPS) is 12.1. The fraction of sp³-hybridized carbons (Fsp3) is 0.370. The highest BCUT2D eigenvalue weighted by Crippen LogP contribution is 2.31. The second kappa shape index (κ2) is 11.4. The molecule has 0 aliphatic carbocycles. The predicted molar refractivity (Wildman–Crippen MR) is 131 cm³/mol. The molecule has 0 bridgehead atoms. The number of ketones is 1. The van der Waals surface area contributed by atoms with Crippen LogP contribution in [-0.2, 0) is 4.79 Å². The van der Waals surface area contributed by atoms with Crippen LogP contribution in [0.5, 0.6) is 5.88 Å². The lowest BCUT2D eigenvalue weighted by atomic mass is 9.93. The van der Waals surface area contributed by atoms with E-state index in [0.717, 1.165) is 46.4 Å². The van der Waals surface area contributed by atoms with E-state index in [1.165, 1.54) is 0 Å². The zero-order valence-electron chi connectivity index (χ0n) is 19.8. The fourth-order valence-corrected chi connectivity index (χ4v) is 3.38. The van der Waals surface area contributed by atoms with Crippen LogP contribution in [0.1, 0.15) is 65.5 Å². The number of rotatable bonds is 9. The zero-order valence-corrected chi connectivity index (χ0v) is 19.8. The molecule has 1 aromatic carbocycles. The van der Waals surface area contributed by atoms with E-state index in [9.17, 15) is 4.79 Å². The predicted octanol–water partition coefficient (Wildman–Crippen LogP) is 6.98. The van der Waals surface area contributed by atoms with Gasteiger partial charge in [-0.25, -0.2) is 4.98 Å². The quantitative estimate of drug-likeness (QED) is 0.251. The van der Waals surface area contributed by atoms with E-state index in [4.69, 9.17) is 4.74 Å². The van der Waals surface area contributed by atoms with Crippen LogP contribution in [0.4, 0.5) is 0 Å². The minimum Gasteiger partial charge on any atom is -0.474 e. The molecule has 1 aromatic heterocycles. The van der Waals surface area contributed by atoms with Gasteiger partial charge >= 0.3 is 0 Å². The number of carbonyl (C=O) groups is 1. The minimum absolute atomic E-state index is 0.0228. The molecule has 0 fully saturated rings. The van der Waals surface area contributed by atoms with E-state index in [1.807, 2.05) is 45.2 Å². The van der Waals surface area contributed by atoms with Crippen molar-refractivity contribution in [3.8, 4) is 17.0 Å². The molecule has 0 N–H and O–H groups in total. The third-order valence-corrected chi connectivity index (χ3v) is 5.04. The molecule has 0 saturated heterocycles. The maximum absolute atomic E-state index is 11.8. The highest BCUT2D eigenvalue weighted by Gasteiger charge is 2.13. The molecular weight excluding hydrogens is 384 g/mol. The third-order valence-electron chi connectivity index (χ3n) is 5.04. The molecular formula is C27H34N2O2. The molecule has 0 radical (unpaired) electrons. The van der Waals surface area contributed by atoms with Crippen LogP contribution in [0.3, 0.4) is 0 Å². The molecule has 2 aromatic rings. The van der Waals surface area contributed by atoms with Gasteiger partial charge in [0.25, 0.3) is 0 Å². The average molecular weight is 419 g/mol. The van der Waals surface area contributed by atoms with Crippen molar-refractivity contribution in [2.75, 3.05) is 0 Å². The maximum atomic E-state index is 11.8. The summed E-state index contributed by atoms with van der Waals surface area (Å²) in [5.74, 6) is 0.628. The van der Waals surface area contributed by atoms with Gasteiger partial charge in [0.05, 0.1) is 11.8 Å². The summed E-state index contributed by atoms with van der Waals surface area (Å²) >= 11 is 0. The van der Waals surface area contributed by atoms with Crippen LogP contribution < -0.4 is 4.74 Å². The van der Waals surface area contributed by atoms with Crippen LogP contribution in [0, 0.1) is 6.92 Å². The number of pyridine rings is 1. The fourth-order valence-electron chi connectivity index (χ4n) is 3.38. The van der Waals surface area contributed by atoms with Crippen LogP contribution in [0.2, 0.25) is 0 Å². The Morgan fingerprint density at radius 1 is 1.10 bits per heavy atom. The number of nitrogens with zero attached hydrogens (tertiary/aromatic N) is 2. The van der Waals surface area contributed by atoms with Crippen molar-refractivity contribution >= 4 is 17.1 Å². The molecule has 0 aliphatic heterocycles. The van der Waals surface area contributed by atoms with Gasteiger partial charge in [0, 0.05) is 35.2 Å². The minimum atomic E-state index is -0.0228. The number of allylic oxidation sites excluding steroid dienone is 3. The number of aromatic nitrogens is 1. The Labute approximate surface area is 186 Å². The van der Waals surface area contributed by atoms with E-state index in [2.05, 4.69) is 48.9 Å². The summed E-state index contributed by atoms with van der Waals surface area (Å²) in [7, 11) is 0. The summed E-state index contributed by atoms with van der Waals surface area (Å²) < 4.78 is 5.93. The molecule has 2 rings (SSSR count). The lowest BCUT2D eigenvalue weighted by molar-refractivity contribution is -0.112. The van der Waals surface area contributed by atoms with Crippen molar-refractivity contribution in [3.05, 3.63) is 65.5 Å². The molecule has 0 unspecified atom stereocenters. The number of carbonyl (C=O) groups excluding carboxylic acids is 1. The second-order valence-corrected chi connectivity index (χ2v) is 7.87. The number of aryl methyl sites for hydroxylation is 1. The molecule has 1 heterocycles. The van der Waals surface area contributed by atoms with Gasteiger partial charge in [-0.05, 0) is 76.3 Å². The second-order valence-electron chi connectivity index (χ2n) is 7.87. The van der Waals surface area contributed by atoms with Crippen molar-refractivity contribution in [1.29, 1.82) is 0 Å². The molecule has 0 atom stereocenters. The van der Waals surface area contributed by atoms with Crippen molar-refractivity contribution in [2.45, 2.75) is 67.4 Å². The first-order valence-corrected chi connectivity index (χ1v) is 10.9. The molecule has 0 amide bonds. The summed E-state index contributed by atoms with van der Waals surface area (Å²) in [5, 5.41) is 0. The first kappa shape index (κ1) is 24.3. The first-order valence-electron chi connectivity index (χ1n) is 10.9. The Morgan fingerprint density at radius 3 is 2.29 bits per heavy atom. The highest BCUT2D eigenvalue weighted by molar-refractivity contribution is 5.96. The molecule has 31 heavy (non-hydrogen) atoms. The molecule has 4 heteroatoms. The van der Waals surface area contributed by atoms with Gasteiger partial charge in [-0.15, -0.1) is 0 Å². The number of hydrogen-bond donors (Lipinski definition) is 0. The van der Waals surface area contributed by atoms with Gasteiger partial charge < -0.3 is 4.74 Å². The topological polar surface area (TPSA) is 51.5 Å². The summed E-state index contributed by atoms with van der Waals surface area (Å²) in [6.07, 6.45) is 7.57. The SMILES string of the molecule is C/C=C(/C(=C/C(C)=O)N=C(C)C)c1cc(-c2ccc(OC(CC)CC)nc2)ccc1C. The van der Waals surface area contributed by atoms with Gasteiger partial charge in [0.15, 0.2) is 5.78 Å². The summed E-state index contributed by atoms with van der Waals surface area (Å²) in [4.78, 5) is 20.9. The van der Waals surface area contributed by atoms with Crippen molar-refractivity contribution in [2.24, 2.45) is 4.99 Å². The first-order chi connectivity index (χ1) is 14.8. The molecule has 0 spiro atoms. The Kier molecular flexibility index (Phi) is 8.92. The van der Waals surface area contributed by atoms with Gasteiger partial charge in [0.1, 0.15) is 0 Å². The Morgan fingerprint density at radius 2 is 1.77 bits per heavy atom. The highest BCUT2D eigenvalue weighted by atomic mass is 16.5. The van der Waals surface area contributed by atoms with Crippen LogP contribution in [0.25, 0.3) is 16.7 Å². The van der Waals surface area contributed by atoms with Crippen LogP contribution >= 0.6 is 0 Å². The van der Waals surface area contributed by atoms with Gasteiger partial charge in [0.2, 0.25) is 5.88 Å². The Bertz CT molecular complexity index is 990. The van der Waals surface area contributed by atoms with E-state index < -0.39 is 0 Å². The third kappa shape index (κ3) is 6.74. The summed E-state index contributed by atoms with van der Waals surface area (Å²) in [6, 6.07) is 10.3. The molecule has 164 valence electrons. The van der Waals surface area contributed by atoms with Crippen LogP contribution in [0.15, 0.2) is 59.4 Å². The van der Waals surface area contributed by atoms with Crippen molar-refractivity contribution < 1.29 is 9.53 Å². The van der Waals surface area contributed by atoms with E-state index in [-0.39, 0.29) is 11.9 Å². The number of aliphatic imine (C=N–C) groups is 1. The molecule has 0 aliphatic rings. The Balaban J connectivity index is 2.45. The summed E-state index contributed by atoms with van der Waals surface area (Å²) in [5.41, 5.74) is 6.77. The smallest absolute Gasteiger partial charge is 0.213 e. The maximum Gasteiger partial charge on any atom is 0.213 e. The van der Waals surface area contributed by atoms with Crippen molar-refractivity contribution in [3.63, 3.8) is 0 Å². The molecule has 0 saturated carbocycles. The van der Waals surface area contributed by atoms with E-state index >= 15 is 0 Å². The largest absolute Gasteiger partial charge is 0.474 e. The average Bonchev–Trinajstić information content (AvgIpc) is 2.73. The number of hydrogen-bond acceptors (Lipinski definition) is 4. The lowest BCUT2D eigenvalue weighted by Crippen LogP contribution is -2.14. The number of ether oxygens (including phenoxy) is 1. The number of benzene rings is 1. The van der Waals surface area contributed by atoms with Gasteiger partial charge in [-0.3, -0.25) is 9.79 Å².